The number of aliphatic hydroxyl groups is 1. The first-order valence-electron chi connectivity index (χ1n) is 7.08. The highest BCUT2D eigenvalue weighted by Gasteiger charge is 2.36. The first-order chi connectivity index (χ1) is 9.97. The van der Waals surface area contributed by atoms with Crippen LogP contribution in [-0.2, 0) is 12.0 Å². The van der Waals surface area contributed by atoms with Crippen LogP contribution >= 0.6 is 22.6 Å². The summed E-state index contributed by atoms with van der Waals surface area (Å²) in [6, 6.07) is 5.93. The first-order valence-corrected chi connectivity index (χ1v) is 9.23. The Labute approximate surface area is 142 Å². The molecule has 3 nitrogen and oxygen atoms in total. The number of likely N-dealkylation sites (N-methyl/N-ethyl adjacent to an activating group) is 1. The smallest absolute Gasteiger partial charge is 0.119 e. The Hall–Kier alpha value is -0.590. The third kappa shape index (κ3) is 4.20. The Morgan fingerprint density at radius 1 is 1.43 bits per heavy atom. The average Bonchev–Trinajstić information content (AvgIpc) is 2.48. The molecule has 0 amide bonds. The van der Waals surface area contributed by atoms with Crippen LogP contribution in [0.3, 0.4) is 0 Å². The van der Waals surface area contributed by atoms with Crippen molar-refractivity contribution in [2.24, 2.45) is 0 Å². The average molecular weight is 403 g/mol. The van der Waals surface area contributed by atoms with Crippen LogP contribution in [0.2, 0.25) is 0 Å². The number of aryl methyl sites for hydroxylation is 1. The number of rotatable bonds is 4. The standard InChI is InChI=1S/C16H23NO2.CH3I/c1-12(11-17(2)3)16(18)9-5-6-13-10-14(19-4)7-8-15(13)16;1-2/h7-8,10,18H,1,5-6,9,11H2,2-4H3;1H3. The molecule has 0 heterocycles. The Balaban J connectivity index is 0.00000106. The third-order valence-corrected chi connectivity index (χ3v) is 3.83. The summed E-state index contributed by atoms with van der Waals surface area (Å²) in [6.45, 7) is 4.81. The SMILES string of the molecule is C=C(CN(C)C)C1(O)CCCc2cc(OC)ccc21.CI. The Morgan fingerprint density at radius 3 is 2.67 bits per heavy atom. The molecule has 1 unspecified atom stereocenters. The molecule has 21 heavy (non-hydrogen) atoms. The van der Waals surface area contributed by atoms with Crippen LogP contribution in [0.4, 0.5) is 0 Å². The van der Waals surface area contributed by atoms with E-state index in [2.05, 4.69) is 29.2 Å². The van der Waals surface area contributed by atoms with Crippen LogP contribution in [0.15, 0.2) is 30.4 Å². The van der Waals surface area contributed by atoms with Crippen molar-refractivity contribution in [3.63, 3.8) is 0 Å². The van der Waals surface area contributed by atoms with Gasteiger partial charge in [-0.1, -0.05) is 35.2 Å². The fourth-order valence-electron chi connectivity index (χ4n) is 2.86. The van der Waals surface area contributed by atoms with Crippen LogP contribution in [0.25, 0.3) is 0 Å². The van der Waals surface area contributed by atoms with E-state index in [0.29, 0.717) is 6.54 Å². The van der Waals surface area contributed by atoms with E-state index in [1.54, 1.807) is 7.11 Å². The summed E-state index contributed by atoms with van der Waals surface area (Å²) in [5, 5.41) is 11.0. The highest BCUT2D eigenvalue weighted by molar-refractivity contribution is 14.1. The Bertz CT molecular complexity index is 488. The second-order valence-electron chi connectivity index (χ2n) is 5.58. The van der Waals surface area contributed by atoms with Crippen molar-refractivity contribution in [3.05, 3.63) is 41.5 Å². The summed E-state index contributed by atoms with van der Waals surface area (Å²) < 4.78 is 5.26. The Kier molecular flexibility index (Phi) is 7.16. The van der Waals surface area contributed by atoms with Crippen LogP contribution in [0, 0.1) is 0 Å². The van der Waals surface area contributed by atoms with Gasteiger partial charge in [0.2, 0.25) is 0 Å². The van der Waals surface area contributed by atoms with E-state index in [4.69, 9.17) is 4.74 Å². The minimum absolute atomic E-state index is 0.696. The van der Waals surface area contributed by atoms with Gasteiger partial charge in [-0.2, -0.15) is 0 Å². The molecule has 1 N–H and O–H groups in total. The molecule has 0 spiro atoms. The first kappa shape index (κ1) is 18.5. The highest BCUT2D eigenvalue weighted by Crippen LogP contribution is 2.41. The van der Waals surface area contributed by atoms with E-state index < -0.39 is 5.60 Å². The van der Waals surface area contributed by atoms with Crippen LogP contribution in [0.1, 0.15) is 24.0 Å². The maximum atomic E-state index is 11.0. The lowest BCUT2D eigenvalue weighted by atomic mass is 9.75. The molecule has 4 heteroatoms. The molecule has 0 saturated carbocycles. The van der Waals surface area contributed by atoms with Crippen LogP contribution < -0.4 is 4.74 Å². The van der Waals surface area contributed by atoms with Gasteiger partial charge in [0.1, 0.15) is 11.4 Å². The number of fused-ring (bicyclic) bond motifs is 1. The fraction of sp³-hybridized carbons (Fsp3) is 0.529. The molecule has 0 fully saturated rings. The molecule has 0 saturated heterocycles. The predicted octanol–water partition coefficient (Wildman–Crippen LogP) is 3.39. The number of benzene rings is 1. The molecule has 0 bridgehead atoms. The maximum absolute atomic E-state index is 11.0. The number of halogens is 1. The van der Waals surface area contributed by atoms with Crippen LogP contribution in [-0.4, -0.2) is 42.7 Å². The molecule has 1 aliphatic rings. The summed E-state index contributed by atoms with van der Waals surface area (Å²) in [6.07, 6.45) is 2.71. The molecule has 1 aliphatic carbocycles. The lowest BCUT2D eigenvalue weighted by Gasteiger charge is -2.37. The van der Waals surface area contributed by atoms with Gasteiger partial charge in [0.05, 0.1) is 7.11 Å². The van der Waals surface area contributed by atoms with Crippen molar-refractivity contribution in [3.8, 4) is 5.75 Å². The van der Waals surface area contributed by atoms with E-state index in [-0.39, 0.29) is 0 Å². The zero-order valence-corrected chi connectivity index (χ0v) is 15.6. The molecular weight excluding hydrogens is 377 g/mol. The van der Waals surface area contributed by atoms with Crippen molar-refractivity contribution in [1.29, 1.82) is 0 Å². The predicted molar refractivity (Wildman–Crippen MR) is 97.5 cm³/mol. The number of alkyl halides is 1. The molecule has 1 atom stereocenters. The lowest BCUT2D eigenvalue weighted by Crippen LogP contribution is -2.36. The van der Waals surface area contributed by atoms with Gasteiger partial charge in [-0.15, -0.1) is 0 Å². The molecule has 1 aromatic rings. The minimum Gasteiger partial charge on any atom is -0.497 e. The van der Waals surface area contributed by atoms with Crippen molar-refractivity contribution in [2.45, 2.75) is 24.9 Å². The highest BCUT2D eigenvalue weighted by atomic mass is 127. The molecule has 0 aromatic heterocycles. The van der Waals surface area contributed by atoms with E-state index >= 15 is 0 Å². The van der Waals surface area contributed by atoms with Gasteiger partial charge in [-0.05, 0) is 67.1 Å². The third-order valence-electron chi connectivity index (χ3n) is 3.83. The second-order valence-corrected chi connectivity index (χ2v) is 5.58. The number of nitrogens with zero attached hydrogens (tertiary/aromatic N) is 1. The lowest BCUT2D eigenvalue weighted by molar-refractivity contribution is 0.0515. The molecule has 2 rings (SSSR count). The normalized spacial score (nSPS) is 20.3. The molecule has 0 aliphatic heterocycles. The van der Waals surface area contributed by atoms with Gasteiger partial charge in [0, 0.05) is 6.54 Å². The van der Waals surface area contributed by atoms with Crippen molar-refractivity contribution in [2.75, 3.05) is 32.7 Å². The van der Waals surface area contributed by atoms with E-state index in [1.807, 2.05) is 42.1 Å². The van der Waals surface area contributed by atoms with Gasteiger partial charge in [-0.3, -0.25) is 0 Å². The fourth-order valence-corrected chi connectivity index (χ4v) is 2.86. The topological polar surface area (TPSA) is 32.7 Å². The number of hydrogen-bond acceptors (Lipinski definition) is 3. The summed E-state index contributed by atoms with van der Waals surface area (Å²) in [4.78, 5) is 4.01. The van der Waals surface area contributed by atoms with Crippen molar-refractivity contribution < 1.29 is 9.84 Å². The van der Waals surface area contributed by atoms with Gasteiger partial charge < -0.3 is 14.7 Å². The maximum Gasteiger partial charge on any atom is 0.119 e. The van der Waals surface area contributed by atoms with Gasteiger partial charge >= 0.3 is 0 Å². The van der Waals surface area contributed by atoms with E-state index in [9.17, 15) is 5.11 Å². The zero-order chi connectivity index (χ0) is 16.0. The van der Waals surface area contributed by atoms with Gasteiger partial charge in [0.15, 0.2) is 0 Å². The largest absolute Gasteiger partial charge is 0.497 e. The van der Waals surface area contributed by atoms with Gasteiger partial charge in [-0.25, -0.2) is 0 Å². The minimum atomic E-state index is -0.899. The van der Waals surface area contributed by atoms with E-state index in [1.165, 1.54) is 5.56 Å². The number of hydrogen-bond donors (Lipinski definition) is 1. The van der Waals surface area contributed by atoms with Crippen LogP contribution in [0.5, 0.6) is 5.75 Å². The monoisotopic (exact) mass is 403 g/mol. The quantitative estimate of drug-likeness (QED) is 0.475. The van der Waals surface area contributed by atoms with Crippen molar-refractivity contribution >= 4 is 22.6 Å². The summed E-state index contributed by atoms with van der Waals surface area (Å²) in [7, 11) is 5.65. The van der Waals surface area contributed by atoms with Gasteiger partial charge in [0.25, 0.3) is 0 Å². The molecule has 118 valence electrons. The summed E-state index contributed by atoms with van der Waals surface area (Å²) >= 11 is 2.15. The van der Waals surface area contributed by atoms with E-state index in [0.717, 1.165) is 36.1 Å². The van der Waals surface area contributed by atoms with Crippen molar-refractivity contribution in [1.82, 2.24) is 4.90 Å². The second kappa shape index (κ2) is 8.15. The summed E-state index contributed by atoms with van der Waals surface area (Å²) in [5.41, 5.74) is 2.13. The number of methoxy groups -OCH3 is 1. The molecule has 1 aromatic carbocycles. The summed E-state index contributed by atoms with van der Waals surface area (Å²) in [5.74, 6) is 0.848. The molecular formula is C17H26INO2. The zero-order valence-electron chi connectivity index (χ0n) is 13.4. The Morgan fingerprint density at radius 2 is 2.10 bits per heavy atom. The number of ether oxygens (including phenoxy) is 1. The molecule has 0 radical (unpaired) electrons.